The standard InChI is InChI=1S/C15H23N3O3S/c1-11-7-5-6-10-18(11)17-15(19)12(2)13-8-3-4-9-14(13)22(16,20)21/h3-4,8-9,11-12H,5-7,10H2,1-2H3,(H,17,19)(H2,16,20,21)/t11-,12-/m1/s1. The number of hydrazine groups is 1. The molecule has 22 heavy (non-hydrogen) atoms. The molecule has 1 aliphatic rings. The summed E-state index contributed by atoms with van der Waals surface area (Å²) >= 11 is 0. The van der Waals surface area contributed by atoms with Gasteiger partial charge in [0.05, 0.1) is 10.8 Å². The lowest BCUT2D eigenvalue weighted by atomic mass is 10.0. The summed E-state index contributed by atoms with van der Waals surface area (Å²) in [5.41, 5.74) is 3.33. The average Bonchev–Trinajstić information content (AvgIpc) is 2.48. The predicted octanol–water partition coefficient (Wildman–Crippen LogP) is 1.34. The fourth-order valence-electron chi connectivity index (χ4n) is 2.74. The van der Waals surface area contributed by atoms with E-state index < -0.39 is 15.9 Å². The maximum atomic E-state index is 12.4. The van der Waals surface area contributed by atoms with Crippen LogP contribution in [0.2, 0.25) is 0 Å². The zero-order chi connectivity index (χ0) is 16.3. The molecule has 2 rings (SSSR count). The Kier molecular flexibility index (Phi) is 5.20. The largest absolute Gasteiger partial charge is 0.288 e. The highest BCUT2D eigenvalue weighted by molar-refractivity contribution is 7.89. The molecule has 0 aromatic heterocycles. The Morgan fingerprint density at radius 1 is 1.36 bits per heavy atom. The minimum Gasteiger partial charge on any atom is -0.288 e. The molecule has 1 saturated heterocycles. The van der Waals surface area contributed by atoms with Gasteiger partial charge in [0.2, 0.25) is 15.9 Å². The predicted molar refractivity (Wildman–Crippen MR) is 84.4 cm³/mol. The van der Waals surface area contributed by atoms with E-state index in [1.807, 2.05) is 5.01 Å². The zero-order valence-electron chi connectivity index (χ0n) is 13.0. The Morgan fingerprint density at radius 2 is 2.05 bits per heavy atom. The number of hydrogen-bond donors (Lipinski definition) is 2. The lowest BCUT2D eigenvalue weighted by Gasteiger charge is -2.34. The summed E-state index contributed by atoms with van der Waals surface area (Å²) in [5.74, 6) is -0.812. The lowest BCUT2D eigenvalue weighted by molar-refractivity contribution is -0.128. The number of nitrogens with one attached hydrogen (secondary N) is 1. The summed E-state index contributed by atoms with van der Waals surface area (Å²) in [6.07, 6.45) is 3.26. The first kappa shape index (κ1) is 16.9. The molecule has 1 aromatic rings. The molecule has 0 unspecified atom stereocenters. The lowest BCUT2D eigenvalue weighted by Crippen LogP contribution is -2.50. The highest BCUT2D eigenvalue weighted by atomic mass is 32.2. The summed E-state index contributed by atoms with van der Waals surface area (Å²) in [7, 11) is -3.85. The second kappa shape index (κ2) is 6.76. The monoisotopic (exact) mass is 325 g/mol. The number of nitrogens with two attached hydrogens (primary N) is 1. The van der Waals surface area contributed by atoms with Crippen LogP contribution in [0.5, 0.6) is 0 Å². The van der Waals surface area contributed by atoms with Crippen LogP contribution in [-0.4, -0.2) is 31.9 Å². The molecule has 1 fully saturated rings. The van der Waals surface area contributed by atoms with Gasteiger partial charge in [0.1, 0.15) is 0 Å². The number of rotatable bonds is 4. The van der Waals surface area contributed by atoms with Gasteiger partial charge in [-0.15, -0.1) is 0 Å². The van der Waals surface area contributed by atoms with Gasteiger partial charge in [-0.25, -0.2) is 18.6 Å². The molecule has 7 heteroatoms. The molecule has 0 aliphatic carbocycles. The van der Waals surface area contributed by atoms with Crippen molar-refractivity contribution in [2.24, 2.45) is 5.14 Å². The zero-order valence-corrected chi connectivity index (χ0v) is 13.8. The van der Waals surface area contributed by atoms with Crippen LogP contribution in [0.1, 0.15) is 44.6 Å². The van der Waals surface area contributed by atoms with E-state index in [2.05, 4.69) is 12.3 Å². The Morgan fingerprint density at radius 3 is 2.68 bits per heavy atom. The molecule has 122 valence electrons. The normalized spacial score (nSPS) is 21.3. The molecular formula is C15H23N3O3S. The number of carbonyl (C=O) groups is 1. The van der Waals surface area contributed by atoms with E-state index in [1.54, 1.807) is 25.1 Å². The van der Waals surface area contributed by atoms with Crippen molar-refractivity contribution in [1.82, 2.24) is 10.4 Å². The van der Waals surface area contributed by atoms with E-state index in [4.69, 9.17) is 5.14 Å². The Hall–Kier alpha value is -1.44. The number of nitrogens with zero attached hydrogens (tertiary/aromatic N) is 1. The van der Waals surface area contributed by atoms with Gasteiger partial charge in [0.15, 0.2) is 0 Å². The number of benzene rings is 1. The van der Waals surface area contributed by atoms with Crippen LogP contribution in [0.4, 0.5) is 0 Å². The molecular weight excluding hydrogens is 302 g/mol. The quantitative estimate of drug-likeness (QED) is 0.874. The van der Waals surface area contributed by atoms with Crippen molar-refractivity contribution in [2.45, 2.75) is 50.0 Å². The number of amides is 1. The van der Waals surface area contributed by atoms with Gasteiger partial charge in [0.25, 0.3) is 0 Å². The molecule has 1 aliphatic heterocycles. The summed E-state index contributed by atoms with van der Waals surface area (Å²) in [6.45, 7) is 4.58. The van der Waals surface area contributed by atoms with E-state index in [0.717, 1.165) is 25.8 Å². The van der Waals surface area contributed by atoms with Gasteiger partial charge in [0, 0.05) is 12.6 Å². The second-order valence-corrected chi connectivity index (χ2v) is 7.35. The Balaban J connectivity index is 2.18. The van der Waals surface area contributed by atoms with Crippen molar-refractivity contribution in [3.05, 3.63) is 29.8 Å². The van der Waals surface area contributed by atoms with E-state index in [-0.39, 0.29) is 10.8 Å². The van der Waals surface area contributed by atoms with Crippen LogP contribution >= 0.6 is 0 Å². The molecule has 0 bridgehead atoms. The molecule has 2 atom stereocenters. The topological polar surface area (TPSA) is 92.5 Å². The summed E-state index contributed by atoms with van der Waals surface area (Å²) in [5, 5.41) is 7.16. The van der Waals surface area contributed by atoms with Gasteiger partial charge in [-0.05, 0) is 38.3 Å². The van der Waals surface area contributed by atoms with Gasteiger partial charge in [-0.2, -0.15) is 0 Å². The number of sulfonamides is 1. The average molecular weight is 325 g/mol. The number of primary sulfonamides is 1. The van der Waals surface area contributed by atoms with Crippen molar-refractivity contribution in [3.8, 4) is 0 Å². The van der Waals surface area contributed by atoms with Crippen molar-refractivity contribution >= 4 is 15.9 Å². The van der Waals surface area contributed by atoms with E-state index in [0.29, 0.717) is 11.6 Å². The van der Waals surface area contributed by atoms with Crippen LogP contribution in [0.3, 0.4) is 0 Å². The molecule has 0 spiro atoms. The number of carbonyl (C=O) groups excluding carboxylic acids is 1. The van der Waals surface area contributed by atoms with Crippen LogP contribution in [0.25, 0.3) is 0 Å². The van der Waals surface area contributed by atoms with Crippen molar-refractivity contribution in [3.63, 3.8) is 0 Å². The third kappa shape index (κ3) is 3.85. The first-order valence-corrected chi connectivity index (χ1v) is 9.04. The highest BCUT2D eigenvalue weighted by Crippen LogP contribution is 2.24. The van der Waals surface area contributed by atoms with Crippen LogP contribution in [-0.2, 0) is 14.8 Å². The molecule has 3 N–H and O–H groups in total. The maximum Gasteiger partial charge on any atom is 0.241 e. The molecule has 6 nitrogen and oxygen atoms in total. The van der Waals surface area contributed by atoms with Crippen molar-refractivity contribution in [2.75, 3.05) is 6.54 Å². The van der Waals surface area contributed by atoms with Crippen molar-refractivity contribution in [1.29, 1.82) is 0 Å². The van der Waals surface area contributed by atoms with E-state index in [1.165, 1.54) is 6.07 Å². The maximum absolute atomic E-state index is 12.4. The summed E-state index contributed by atoms with van der Waals surface area (Å²) in [6, 6.07) is 6.65. The number of hydrogen-bond acceptors (Lipinski definition) is 4. The van der Waals surface area contributed by atoms with Gasteiger partial charge >= 0.3 is 0 Å². The van der Waals surface area contributed by atoms with Crippen LogP contribution < -0.4 is 10.6 Å². The molecule has 0 saturated carbocycles. The van der Waals surface area contributed by atoms with E-state index >= 15 is 0 Å². The Labute approximate surface area is 131 Å². The van der Waals surface area contributed by atoms with Crippen LogP contribution in [0, 0.1) is 0 Å². The molecule has 1 aromatic carbocycles. The molecule has 1 heterocycles. The second-order valence-electron chi connectivity index (χ2n) is 5.82. The SMILES string of the molecule is C[C@@H]1CCCCN1NC(=O)[C@H](C)c1ccccc1S(N)(=O)=O. The molecule has 1 amide bonds. The van der Waals surface area contributed by atoms with Gasteiger partial charge in [-0.3, -0.25) is 10.2 Å². The first-order valence-electron chi connectivity index (χ1n) is 7.49. The number of piperidine rings is 1. The fraction of sp³-hybridized carbons (Fsp3) is 0.533. The third-order valence-electron chi connectivity index (χ3n) is 4.14. The minimum atomic E-state index is -3.85. The smallest absolute Gasteiger partial charge is 0.241 e. The summed E-state index contributed by atoms with van der Waals surface area (Å²) in [4.78, 5) is 12.5. The highest BCUT2D eigenvalue weighted by Gasteiger charge is 2.26. The van der Waals surface area contributed by atoms with Crippen LogP contribution in [0.15, 0.2) is 29.2 Å². The van der Waals surface area contributed by atoms with E-state index in [9.17, 15) is 13.2 Å². The van der Waals surface area contributed by atoms with Crippen molar-refractivity contribution < 1.29 is 13.2 Å². The minimum absolute atomic E-state index is 0.00402. The van der Waals surface area contributed by atoms with Gasteiger partial charge in [-0.1, -0.05) is 24.6 Å². The first-order chi connectivity index (χ1) is 10.3. The summed E-state index contributed by atoms with van der Waals surface area (Å²) < 4.78 is 23.3. The third-order valence-corrected chi connectivity index (χ3v) is 5.13. The van der Waals surface area contributed by atoms with Gasteiger partial charge < -0.3 is 0 Å². The molecule has 0 radical (unpaired) electrons. The Bertz CT molecular complexity index is 645. The fourth-order valence-corrected chi connectivity index (χ4v) is 3.58.